The SMILES string of the molecule is CCN(Cc1ccncc1)Cc1ccc(O)c(O)c1. The predicted molar refractivity (Wildman–Crippen MR) is 73.8 cm³/mol. The van der Waals surface area contributed by atoms with Crippen molar-refractivity contribution in [2.75, 3.05) is 6.54 Å². The molecule has 2 aromatic rings. The topological polar surface area (TPSA) is 56.6 Å². The molecule has 0 aliphatic heterocycles. The molecule has 4 heteroatoms. The van der Waals surface area contributed by atoms with E-state index in [0.717, 1.165) is 25.2 Å². The normalized spacial score (nSPS) is 10.8. The van der Waals surface area contributed by atoms with Gasteiger partial charge in [0.15, 0.2) is 11.5 Å². The summed E-state index contributed by atoms with van der Waals surface area (Å²) >= 11 is 0. The van der Waals surface area contributed by atoms with E-state index in [9.17, 15) is 10.2 Å². The third-order valence-electron chi connectivity index (χ3n) is 3.05. The fourth-order valence-corrected chi connectivity index (χ4v) is 1.95. The van der Waals surface area contributed by atoms with E-state index in [2.05, 4.69) is 16.8 Å². The summed E-state index contributed by atoms with van der Waals surface area (Å²) in [6.07, 6.45) is 3.57. The van der Waals surface area contributed by atoms with Crippen LogP contribution in [0.4, 0.5) is 0 Å². The highest BCUT2D eigenvalue weighted by Crippen LogP contribution is 2.25. The number of phenolic OH excluding ortho intramolecular Hbond substituents is 2. The van der Waals surface area contributed by atoms with E-state index in [-0.39, 0.29) is 11.5 Å². The summed E-state index contributed by atoms with van der Waals surface area (Å²) in [7, 11) is 0. The molecule has 2 N–H and O–H groups in total. The van der Waals surface area contributed by atoms with Gasteiger partial charge in [0, 0.05) is 25.5 Å². The van der Waals surface area contributed by atoms with Crippen molar-refractivity contribution in [1.82, 2.24) is 9.88 Å². The third kappa shape index (κ3) is 3.69. The molecule has 0 saturated carbocycles. The summed E-state index contributed by atoms with van der Waals surface area (Å²) < 4.78 is 0. The van der Waals surface area contributed by atoms with Gasteiger partial charge in [-0.25, -0.2) is 0 Å². The van der Waals surface area contributed by atoms with Crippen LogP contribution in [-0.4, -0.2) is 26.6 Å². The summed E-state index contributed by atoms with van der Waals surface area (Å²) in [5, 5.41) is 18.8. The maximum absolute atomic E-state index is 9.50. The molecule has 19 heavy (non-hydrogen) atoms. The van der Waals surface area contributed by atoms with Crippen molar-refractivity contribution in [2.24, 2.45) is 0 Å². The number of rotatable bonds is 5. The van der Waals surface area contributed by atoms with E-state index < -0.39 is 0 Å². The van der Waals surface area contributed by atoms with E-state index in [4.69, 9.17) is 0 Å². The minimum Gasteiger partial charge on any atom is -0.504 e. The second-order valence-electron chi connectivity index (χ2n) is 4.48. The van der Waals surface area contributed by atoms with Gasteiger partial charge >= 0.3 is 0 Å². The van der Waals surface area contributed by atoms with Crippen LogP contribution in [0.25, 0.3) is 0 Å². The van der Waals surface area contributed by atoms with Gasteiger partial charge in [-0.15, -0.1) is 0 Å². The molecule has 2 rings (SSSR count). The van der Waals surface area contributed by atoms with Crippen molar-refractivity contribution >= 4 is 0 Å². The van der Waals surface area contributed by atoms with Gasteiger partial charge in [0.2, 0.25) is 0 Å². The van der Waals surface area contributed by atoms with Gasteiger partial charge in [-0.3, -0.25) is 9.88 Å². The molecule has 0 saturated heterocycles. The summed E-state index contributed by atoms with van der Waals surface area (Å²) in [6.45, 7) is 4.57. The van der Waals surface area contributed by atoms with E-state index in [0.29, 0.717) is 0 Å². The first-order valence-corrected chi connectivity index (χ1v) is 6.31. The average Bonchev–Trinajstić information content (AvgIpc) is 2.43. The maximum Gasteiger partial charge on any atom is 0.157 e. The molecule has 1 aromatic heterocycles. The molecule has 0 unspecified atom stereocenters. The monoisotopic (exact) mass is 258 g/mol. The fraction of sp³-hybridized carbons (Fsp3) is 0.267. The van der Waals surface area contributed by atoms with Crippen molar-refractivity contribution in [2.45, 2.75) is 20.0 Å². The summed E-state index contributed by atoms with van der Waals surface area (Å²) in [6, 6.07) is 8.94. The van der Waals surface area contributed by atoms with E-state index in [1.807, 2.05) is 18.2 Å². The van der Waals surface area contributed by atoms with Crippen LogP contribution in [0.3, 0.4) is 0 Å². The summed E-state index contributed by atoms with van der Waals surface area (Å²) in [5.74, 6) is -0.154. The molecule has 100 valence electrons. The lowest BCUT2D eigenvalue weighted by Gasteiger charge is -2.20. The van der Waals surface area contributed by atoms with Gasteiger partial charge in [-0.2, -0.15) is 0 Å². The maximum atomic E-state index is 9.50. The van der Waals surface area contributed by atoms with Crippen molar-refractivity contribution in [1.29, 1.82) is 0 Å². The summed E-state index contributed by atoms with van der Waals surface area (Å²) in [5.41, 5.74) is 2.19. The number of pyridine rings is 1. The van der Waals surface area contributed by atoms with E-state index >= 15 is 0 Å². The largest absolute Gasteiger partial charge is 0.504 e. The Kier molecular flexibility index (Phi) is 4.36. The van der Waals surface area contributed by atoms with Gasteiger partial charge < -0.3 is 10.2 Å². The Morgan fingerprint density at radius 2 is 1.63 bits per heavy atom. The van der Waals surface area contributed by atoms with Crippen LogP contribution < -0.4 is 0 Å². The van der Waals surface area contributed by atoms with Crippen LogP contribution in [0.5, 0.6) is 11.5 Å². The highest BCUT2D eigenvalue weighted by Gasteiger charge is 2.07. The van der Waals surface area contributed by atoms with Gasteiger partial charge in [0.1, 0.15) is 0 Å². The van der Waals surface area contributed by atoms with Crippen molar-refractivity contribution < 1.29 is 10.2 Å². The van der Waals surface area contributed by atoms with Crippen LogP contribution in [0.15, 0.2) is 42.7 Å². The van der Waals surface area contributed by atoms with Crippen LogP contribution in [0.1, 0.15) is 18.1 Å². The molecule has 0 bridgehead atoms. The number of phenols is 2. The molecular formula is C15H18N2O2. The molecule has 0 amide bonds. The number of hydrogen-bond acceptors (Lipinski definition) is 4. The van der Waals surface area contributed by atoms with Gasteiger partial charge in [0.25, 0.3) is 0 Å². The number of aromatic nitrogens is 1. The van der Waals surface area contributed by atoms with Crippen molar-refractivity contribution in [3.8, 4) is 11.5 Å². The zero-order chi connectivity index (χ0) is 13.7. The lowest BCUT2D eigenvalue weighted by molar-refractivity contribution is 0.270. The molecule has 0 fully saturated rings. The van der Waals surface area contributed by atoms with E-state index in [1.54, 1.807) is 18.5 Å². The Balaban J connectivity index is 2.04. The molecule has 0 spiro atoms. The van der Waals surface area contributed by atoms with Gasteiger partial charge in [0.05, 0.1) is 0 Å². The van der Waals surface area contributed by atoms with Crippen LogP contribution in [0.2, 0.25) is 0 Å². The zero-order valence-electron chi connectivity index (χ0n) is 11.0. The number of hydrogen-bond donors (Lipinski definition) is 2. The lowest BCUT2D eigenvalue weighted by atomic mass is 10.1. The molecule has 0 radical (unpaired) electrons. The molecule has 4 nitrogen and oxygen atoms in total. The Morgan fingerprint density at radius 1 is 0.947 bits per heavy atom. The molecule has 1 aromatic carbocycles. The molecule has 0 atom stereocenters. The second-order valence-corrected chi connectivity index (χ2v) is 4.48. The fourth-order valence-electron chi connectivity index (χ4n) is 1.95. The quantitative estimate of drug-likeness (QED) is 0.809. The smallest absolute Gasteiger partial charge is 0.157 e. The van der Waals surface area contributed by atoms with Gasteiger partial charge in [-0.1, -0.05) is 13.0 Å². The zero-order valence-corrected chi connectivity index (χ0v) is 11.0. The number of aromatic hydroxyl groups is 2. The Bertz CT molecular complexity index is 529. The standard InChI is InChI=1S/C15H18N2O2/c1-2-17(10-12-5-7-16-8-6-12)11-13-3-4-14(18)15(19)9-13/h3-9,18-19H,2,10-11H2,1H3. The van der Waals surface area contributed by atoms with Gasteiger partial charge in [-0.05, 0) is 41.9 Å². The first-order chi connectivity index (χ1) is 9.19. The Labute approximate surface area is 113 Å². The minimum atomic E-state index is -0.0825. The van der Waals surface area contributed by atoms with Crippen LogP contribution in [-0.2, 0) is 13.1 Å². The highest BCUT2D eigenvalue weighted by atomic mass is 16.3. The molecular weight excluding hydrogens is 240 g/mol. The Morgan fingerprint density at radius 3 is 2.26 bits per heavy atom. The first kappa shape index (κ1) is 13.4. The molecule has 0 aliphatic carbocycles. The lowest BCUT2D eigenvalue weighted by Crippen LogP contribution is -2.22. The highest BCUT2D eigenvalue weighted by molar-refractivity contribution is 5.40. The van der Waals surface area contributed by atoms with E-state index in [1.165, 1.54) is 11.6 Å². The number of benzene rings is 1. The minimum absolute atomic E-state index is 0.0718. The predicted octanol–water partition coefficient (Wildman–Crippen LogP) is 2.51. The summed E-state index contributed by atoms with van der Waals surface area (Å²) in [4.78, 5) is 6.26. The van der Waals surface area contributed by atoms with Crippen LogP contribution >= 0.6 is 0 Å². The molecule has 1 heterocycles. The average molecular weight is 258 g/mol. The molecule has 0 aliphatic rings. The Hall–Kier alpha value is -2.07. The second kappa shape index (κ2) is 6.20. The van der Waals surface area contributed by atoms with Crippen molar-refractivity contribution in [3.05, 3.63) is 53.9 Å². The first-order valence-electron chi connectivity index (χ1n) is 6.31. The number of nitrogens with zero attached hydrogens (tertiary/aromatic N) is 2. The van der Waals surface area contributed by atoms with Crippen molar-refractivity contribution in [3.63, 3.8) is 0 Å². The third-order valence-corrected chi connectivity index (χ3v) is 3.05. The van der Waals surface area contributed by atoms with Crippen LogP contribution in [0, 0.1) is 0 Å².